The Morgan fingerprint density at radius 2 is 0.900 bits per heavy atom. The van der Waals surface area contributed by atoms with E-state index in [-0.39, 0.29) is 4.68 Å². The second-order valence-corrected chi connectivity index (χ2v) is 7.03. The Bertz CT molecular complexity index is 204. The van der Waals surface area contributed by atoms with Gasteiger partial charge in [0.05, 0.1) is 0 Å². The van der Waals surface area contributed by atoms with Crippen LogP contribution in [0.3, 0.4) is 0 Å². The summed E-state index contributed by atoms with van der Waals surface area (Å²) in [5, 5.41) is 0. The number of carbonyl (C=O) groups is 1. The van der Waals surface area contributed by atoms with Crippen LogP contribution in [0, 0.1) is 0 Å². The second-order valence-electron chi connectivity index (χ2n) is 6.07. The molecule has 0 heterocycles. The monoisotopic (exact) mass is 347 g/mol. The van der Waals surface area contributed by atoms with Crippen LogP contribution in [0.4, 0.5) is 0 Å². The molecule has 0 spiro atoms. The van der Waals surface area contributed by atoms with Crippen LogP contribution >= 0.6 is 0 Å². The normalized spacial score (nSPS) is 10.8. The van der Waals surface area contributed by atoms with Crippen molar-refractivity contribution in [3.8, 4) is 0 Å². The van der Waals surface area contributed by atoms with Gasteiger partial charge in [-0.15, -0.1) is 0 Å². The molecule has 0 fully saturated rings. The second kappa shape index (κ2) is 17.2. The molecule has 0 amide bonds. The first-order chi connectivity index (χ1) is 9.77. The minimum atomic E-state index is 0.222. The average Bonchev–Trinajstić information content (AvgIpc) is 2.43. The van der Waals surface area contributed by atoms with E-state index in [1.807, 2.05) is 0 Å². The molecule has 0 unspecified atom stereocenters. The van der Waals surface area contributed by atoms with Gasteiger partial charge in [0.2, 0.25) is 0 Å². The Morgan fingerprint density at radius 3 is 1.20 bits per heavy atom. The standard InChI is InChI=1S/C18H36OSe/c1-2-3-4-5-6-7-8-9-10-11-12-13-14-15-16-17-18(19)20/h2-17H2,1H3,(H,19,20)/p-1. The first kappa shape index (κ1) is 20.2. The van der Waals surface area contributed by atoms with Gasteiger partial charge < -0.3 is 0 Å². The van der Waals surface area contributed by atoms with Crippen LogP contribution in [-0.2, 0) is 4.79 Å². The first-order valence-electron chi connectivity index (χ1n) is 8.97. The van der Waals surface area contributed by atoms with E-state index in [1.54, 1.807) is 0 Å². The van der Waals surface area contributed by atoms with Crippen molar-refractivity contribution in [2.45, 2.75) is 110 Å². The number of carbonyl (C=O) groups excluding carboxylic acids is 1. The molecule has 0 aromatic rings. The van der Waals surface area contributed by atoms with Gasteiger partial charge in [-0.2, -0.15) is 0 Å². The third kappa shape index (κ3) is 18.2. The molecule has 0 saturated heterocycles. The molecule has 2 heteroatoms. The van der Waals surface area contributed by atoms with Crippen molar-refractivity contribution in [2.75, 3.05) is 0 Å². The average molecular weight is 346 g/mol. The van der Waals surface area contributed by atoms with E-state index >= 15 is 0 Å². The van der Waals surface area contributed by atoms with Crippen LogP contribution in [0.2, 0.25) is 0 Å². The minimum absolute atomic E-state index is 0.222. The molecule has 0 rings (SSSR count). The van der Waals surface area contributed by atoms with Crippen LogP contribution in [0.15, 0.2) is 0 Å². The van der Waals surface area contributed by atoms with Crippen LogP contribution in [0.1, 0.15) is 110 Å². The van der Waals surface area contributed by atoms with E-state index in [0.29, 0.717) is 0 Å². The van der Waals surface area contributed by atoms with E-state index in [0.717, 1.165) is 12.8 Å². The SMILES string of the molecule is CCCCCCCCCCCCCCCCCC(=O)[Se-]. The molecular formula is C18H35OSe-. The third-order valence-electron chi connectivity index (χ3n) is 3.98. The summed E-state index contributed by atoms with van der Waals surface area (Å²) in [5.74, 6) is 0. The van der Waals surface area contributed by atoms with Crippen LogP contribution in [-0.4, -0.2) is 20.7 Å². The van der Waals surface area contributed by atoms with Gasteiger partial charge in [-0.1, -0.05) is 39.0 Å². The van der Waals surface area contributed by atoms with Gasteiger partial charge in [0.1, 0.15) is 0 Å². The summed E-state index contributed by atoms with van der Waals surface area (Å²) < 4.78 is 0.222. The van der Waals surface area contributed by atoms with Gasteiger partial charge in [0, 0.05) is 0 Å². The van der Waals surface area contributed by atoms with Gasteiger partial charge in [-0.05, 0) is 0 Å². The number of unbranched alkanes of at least 4 members (excludes halogenated alkanes) is 14. The molecule has 0 aliphatic heterocycles. The summed E-state index contributed by atoms with van der Waals surface area (Å²) in [7, 11) is 0. The summed E-state index contributed by atoms with van der Waals surface area (Å²) >= 11 is 2.55. The van der Waals surface area contributed by atoms with Crippen molar-refractivity contribution in [3.63, 3.8) is 0 Å². The summed E-state index contributed by atoms with van der Waals surface area (Å²) in [6, 6.07) is 0. The molecular weight excluding hydrogens is 311 g/mol. The van der Waals surface area contributed by atoms with E-state index < -0.39 is 0 Å². The molecule has 0 aliphatic carbocycles. The molecule has 0 aromatic carbocycles. The summed E-state index contributed by atoms with van der Waals surface area (Å²) in [5.41, 5.74) is 0. The van der Waals surface area contributed by atoms with E-state index in [4.69, 9.17) is 0 Å². The molecule has 120 valence electrons. The fraction of sp³-hybridized carbons (Fsp3) is 0.944. The van der Waals surface area contributed by atoms with Crippen LogP contribution in [0.25, 0.3) is 0 Å². The van der Waals surface area contributed by atoms with E-state index in [2.05, 4.69) is 22.9 Å². The van der Waals surface area contributed by atoms with Gasteiger partial charge in [-0.25, -0.2) is 0 Å². The van der Waals surface area contributed by atoms with E-state index in [1.165, 1.54) is 89.9 Å². The summed E-state index contributed by atoms with van der Waals surface area (Å²) in [6.45, 7) is 2.28. The molecule has 0 aromatic heterocycles. The Balaban J connectivity index is 2.94. The Morgan fingerprint density at radius 1 is 0.600 bits per heavy atom. The zero-order valence-electron chi connectivity index (χ0n) is 13.6. The zero-order valence-corrected chi connectivity index (χ0v) is 15.3. The topological polar surface area (TPSA) is 17.1 Å². The quantitative estimate of drug-likeness (QED) is 0.249. The Kier molecular flexibility index (Phi) is 17.4. The fourth-order valence-corrected chi connectivity index (χ4v) is 2.94. The zero-order chi connectivity index (χ0) is 14.9. The van der Waals surface area contributed by atoms with Crippen molar-refractivity contribution in [2.24, 2.45) is 0 Å². The van der Waals surface area contributed by atoms with Crippen LogP contribution in [0.5, 0.6) is 0 Å². The van der Waals surface area contributed by atoms with Gasteiger partial charge in [-0.3, -0.25) is 0 Å². The predicted octanol–water partition coefficient (Wildman–Crippen LogP) is 5.94. The van der Waals surface area contributed by atoms with Crippen molar-refractivity contribution < 1.29 is 4.79 Å². The fourth-order valence-electron chi connectivity index (χ4n) is 2.64. The molecule has 0 N–H and O–H groups in total. The molecule has 0 radical (unpaired) electrons. The van der Waals surface area contributed by atoms with Crippen molar-refractivity contribution in [1.29, 1.82) is 0 Å². The molecule has 0 bridgehead atoms. The summed E-state index contributed by atoms with van der Waals surface area (Å²) in [6.07, 6.45) is 21.4. The molecule has 0 saturated carbocycles. The van der Waals surface area contributed by atoms with Crippen molar-refractivity contribution >= 4 is 20.7 Å². The van der Waals surface area contributed by atoms with Crippen molar-refractivity contribution in [1.82, 2.24) is 0 Å². The van der Waals surface area contributed by atoms with Gasteiger partial charge in [0.15, 0.2) is 0 Å². The van der Waals surface area contributed by atoms with Crippen molar-refractivity contribution in [3.05, 3.63) is 0 Å². The first-order valence-corrected chi connectivity index (χ1v) is 9.83. The maximum atomic E-state index is 10.7. The molecule has 0 aliphatic rings. The summed E-state index contributed by atoms with van der Waals surface area (Å²) in [4.78, 5) is 10.7. The Hall–Kier alpha value is 0.189. The molecule has 0 atom stereocenters. The van der Waals surface area contributed by atoms with Gasteiger partial charge >= 0.3 is 96.1 Å². The van der Waals surface area contributed by atoms with E-state index in [9.17, 15) is 4.79 Å². The number of hydrogen-bond acceptors (Lipinski definition) is 1. The molecule has 20 heavy (non-hydrogen) atoms. The maximum absolute atomic E-state index is 10.7. The third-order valence-corrected chi connectivity index (χ3v) is 4.41. The predicted molar refractivity (Wildman–Crippen MR) is 90.3 cm³/mol. The van der Waals surface area contributed by atoms with Gasteiger partial charge in [0.25, 0.3) is 0 Å². The number of hydrogen-bond donors (Lipinski definition) is 0. The number of rotatable bonds is 16. The van der Waals surface area contributed by atoms with Crippen LogP contribution < -0.4 is 0 Å². The Labute approximate surface area is 135 Å². The molecule has 1 nitrogen and oxygen atoms in total.